The second-order valence-corrected chi connectivity index (χ2v) is 3.13. The van der Waals surface area contributed by atoms with Crippen LogP contribution in [-0.4, -0.2) is 18.9 Å². The Morgan fingerprint density at radius 1 is 1.53 bits per heavy atom. The van der Waals surface area contributed by atoms with Gasteiger partial charge in [0, 0.05) is 11.1 Å². The van der Waals surface area contributed by atoms with Crippen LogP contribution in [0.15, 0.2) is 18.2 Å². The van der Waals surface area contributed by atoms with Gasteiger partial charge in [0.15, 0.2) is 6.29 Å². The lowest BCUT2D eigenvalue weighted by molar-refractivity contribution is -0.141. The molecule has 0 aliphatic rings. The van der Waals surface area contributed by atoms with Crippen LogP contribution in [0.3, 0.4) is 0 Å². The van der Waals surface area contributed by atoms with Crippen molar-refractivity contribution in [2.75, 3.05) is 6.61 Å². The lowest BCUT2D eigenvalue weighted by Crippen LogP contribution is -2.01. The van der Waals surface area contributed by atoms with Crippen molar-refractivity contribution in [2.24, 2.45) is 0 Å². The van der Waals surface area contributed by atoms with Crippen molar-refractivity contribution in [3.63, 3.8) is 0 Å². The minimum atomic E-state index is -0.476. The number of carbonyl (C=O) groups excluding carboxylic acids is 2. The average molecular weight is 234 g/mol. The first-order chi connectivity index (χ1) is 8.17. The SMILES string of the molecule is CCOC(=O)CC#Cc1cc(F)ccc1C=O. The molecule has 0 bridgehead atoms. The van der Waals surface area contributed by atoms with Crippen molar-refractivity contribution in [3.05, 3.63) is 35.1 Å². The molecule has 0 N–H and O–H groups in total. The molecular formula is C13H11FO3. The summed E-state index contributed by atoms with van der Waals surface area (Å²) in [5.74, 6) is 4.19. The van der Waals surface area contributed by atoms with E-state index in [0.717, 1.165) is 6.07 Å². The van der Waals surface area contributed by atoms with E-state index in [1.807, 2.05) is 0 Å². The molecule has 17 heavy (non-hydrogen) atoms. The lowest BCUT2D eigenvalue weighted by atomic mass is 10.1. The molecule has 0 spiro atoms. The maximum atomic E-state index is 12.9. The van der Waals surface area contributed by atoms with Crippen LogP contribution < -0.4 is 0 Å². The van der Waals surface area contributed by atoms with Gasteiger partial charge in [-0.15, -0.1) is 0 Å². The highest BCUT2D eigenvalue weighted by Gasteiger charge is 2.01. The number of aldehydes is 1. The van der Waals surface area contributed by atoms with Crippen LogP contribution in [-0.2, 0) is 9.53 Å². The molecule has 0 amide bonds. The van der Waals surface area contributed by atoms with E-state index in [-0.39, 0.29) is 12.0 Å². The first-order valence-electron chi connectivity index (χ1n) is 5.06. The Labute approximate surface area is 98.6 Å². The fraction of sp³-hybridized carbons (Fsp3) is 0.231. The monoisotopic (exact) mass is 234 g/mol. The van der Waals surface area contributed by atoms with Crippen LogP contribution in [0.5, 0.6) is 0 Å². The molecule has 88 valence electrons. The van der Waals surface area contributed by atoms with Crippen molar-refractivity contribution >= 4 is 12.3 Å². The number of ether oxygens (including phenoxy) is 1. The molecule has 0 heterocycles. The van der Waals surface area contributed by atoms with E-state index < -0.39 is 11.8 Å². The third kappa shape index (κ3) is 4.07. The van der Waals surface area contributed by atoms with E-state index in [1.54, 1.807) is 6.92 Å². The fourth-order valence-corrected chi connectivity index (χ4v) is 1.16. The molecule has 1 rings (SSSR count). The minimum Gasteiger partial charge on any atom is -0.465 e. The van der Waals surface area contributed by atoms with Gasteiger partial charge in [-0.05, 0) is 25.1 Å². The van der Waals surface area contributed by atoms with Gasteiger partial charge < -0.3 is 4.74 Å². The Kier molecular flexibility index (Phi) is 4.89. The summed E-state index contributed by atoms with van der Waals surface area (Å²) in [5.41, 5.74) is 0.562. The second kappa shape index (κ2) is 6.44. The minimum absolute atomic E-state index is 0.0807. The molecule has 4 heteroatoms. The lowest BCUT2D eigenvalue weighted by Gasteiger charge is -1.97. The van der Waals surface area contributed by atoms with Gasteiger partial charge in [0.05, 0.1) is 6.61 Å². The first kappa shape index (κ1) is 12.9. The standard InChI is InChI=1S/C13H11FO3/c1-2-17-13(16)5-3-4-10-8-12(14)7-6-11(10)9-15/h6-9H,2,5H2,1H3. The Hall–Kier alpha value is -2.15. The number of benzene rings is 1. The van der Waals surface area contributed by atoms with E-state index in [2.05, 4.69) is 16.6 Å². The summed E-state index contributed by atoms with van der Waals surface area (Å²) in [7, 11) is 0. The number of esters is 1. The summed E-state index contributed by atoms with van der Waals surface area (Å²) in [6.45, 7) is 1.99. The maximum absolute atomic E-state index is 12.9. The normalized spacial score (nSPS) is 9.06. The topological polar surface area (TPSA) is 43.4 Å². The molecule has 0 saturated carbocycles. The molecule has 0 aliphatic heterocycles. The molecule has 0 atom stereocenters. The molecule has 1 aromatic rings. The molecule has 0 fully saturated rings. The van der Waals surface area contributed by atoms with Crippen LogP contribution in [0, 0.1) is 17.7 Å². The molecule has 0 unspecified atom stereocenters. The van der Waals surface area contributed by atoms with E-state index in [4.69, 9.17) is 0 Å². The average Bonchev–Trinajstić information content (AvgIpc) is 2.30. The molecule has 0 radical (unpaired) electrons. The van der Waals surface area contributed by atoms with Crippen LogP contribution in [0.1, 0.15) is 29.3 Å². The smallest absolute Gasteiger partial charge is 0.317 e. The third-order valence-electron chi connectivity index (χ3n) is 1.90. The van der Waals surface area contributed by atoms with E-state index in [0.29, 0.717) is 18.5 Å². The zero-order valence-electron chi connectivity index (χ0n) is 9.33. The largest absolute Gasteiger partial charge is 0.465 e. The number of hydrogen-bond acceptors (Lipinski definition) is 3. The van der Waals surface area contributed by atoms with Crippen LogP contribution >= 0.6 is 0 Å². The Morgan fingerprint density at radius 2 is 2.29 bits per heavy atom. The van der Waals surface area contributed by atoms with Gasteiger partial charge in [-0.2, -0.15) is 0 Å². The molecule has 3 nitrogen and oxygen atoms in total. The van der Waals surface area contributed by atoms with Gasteiger partial charge in [-0.3, -0.25) is 9.59 Å². The Morgan fingerprint density at radius 3 is 2.94 bits per heavy atom. The molecule has 0 saturated heterocycles. The second-order valence-electron chi connectivity index (χ2n) is 3.13. The van der Waals surface area contributed by atoms with E-state index >= 15 is 0 Å². The highest BCUT2D eigenvalue weighted by molar-refractivity contribution is 5.79. The number of rotatable bonds is 3. The van der Waals surface area contributed by atoms with Crippen LogP contribution in [0.4, 0.5) is 4.39 Å². The number of carbonyl (C=O) groups is 2. The van der Waals surface area contributed by atoms with Crippen molar-refractivity contribution in [2.45, 2.75) is 13.3 Å². The molecular weight excluding hydrogens is 223 g/mol. The van der Waals surface area contributed by atoms with Crippen molar-refractivity contribution in [1.82, 2.24) is 0 Å². The molecule has 0 aliphatic carbocycles. The Balaban J connectivity index is 2.80. The quantitative estimate of drug-likeness (QED) is 0.456. The number of halogens is 1. The predicted molar refractivity (Wildman–Crippen MR) is 59.9 cm³/mol. The summed E-state index contributed by atoms with van der Waals surface area (Å²) in [6, 6.07) is 3.68. The fourth-order valence-electron chi connectivity index (χ4n) is 1.16. The maximum Gasteiger partial charge on any atom is 0.317 e. The Bertz CT molecular complexity index is 483. The van der Waals surface area contributed by atoms with Gasteiger partial charge in [0.25, 0.3) is 0 Å². The highest BCUT2D eigenvalue weighted by atomic mass is 19.1. The van der Waals surface area contributed by atoms with Gasteiger partial charge >= 0.3 is 5.97 Å². The van der Waals surface area contributed by atoms with Crippen LogP contribution in [0.25, 0.3) is 0 Å². The third-order valence-corrected chi connectivity index (χ3v) is 1.90. The van der Waals surface area contributed by atoms with Crippen molar-refractivity contribution < 1.29 is 18.7 Å². The van der Waals surface area contributed by atoms with Gasteiger partial charge in [0.1, 0.15) is 12.2 Å². The summed E-state index contributed by atoms with van der Waals surface area (Å²) in [4.78, 5) is 21.6. The highest BCUT2D eigenvalue weighted by Crippen LogP contribution is 2.07. The van der Waals surface area contributed by atoms with Gasteiger partial charge in [-0.25, -0.2) is 4.39 Å². The molecule has 1 aromatic carbocycles. The van der Waals surface area contributed by atoms with E-state index in [9.17, 15) is 14.0 Å². The zero-order valence-corrected chi connectivity index (χ0v) is 9.33. The van der Waals surface area contributed by atoms with Gasteiger partial charge in [-0.1, -0.05) is 11.8 Å². The van der Waals surface area contributed by atoms with Crippen LogP contribution in [0.2, 0.25) is 0 Å². The van der Waals surface area contributed by atoms with Crippen molar-refractivity contribution in [1.29, 1.82) is 0 Å². The van der Waals surface area contributed by atoms with Crippen molar-refractivity contribution in [3.8, 4) is 11.8 Å². The summed E-state index contributed by atoms with van der Waals surface area (Å²) < 4.78 is 17.6. The molecule has 0 aromatic heterocycles. The zero-order chi connectivity index (χ0) is 12.7. The summed E-state index contributed by atoms with van der Waals surface area (Å²) in [5, 5.41) is 0. The summed E-state index contributed by atoms with van der Waals surface area (Å²) in [6.07, 6.45) is 0.510. The predicted octanol–water partition coefficient (Wildman–Crippen LogP) is 1.94. The summed E-state index contributed by atoms with van der Waals surface area (Å²) >= 11 is 0. The van der Waals surface area contributed by atoms with E-state index in [1.165, 1.54) is 12.1 Å². The first-order valence-corrected chi connectivity index (χ1v) is 5.06. The number of hydrogen-bond donors (Lipinski definition) is 0. The van der Waals surface area contributed by atoms with Gasteiger partial charge in [0.2, 0.25) is 0 Å².